The van der Waals surface area contributed by atoms with Crippen LogP contribution in [0.3, 0.4) is 0 Å². The minimum absolute atomic E-state index is 0.105. The monoisotopic (exact) mass is 260 g/mol. The Morgan fingerprint density at radius 3 is 3.06 bits per heavy atom. The molecule has 0 aliphatic carbocycles. The molecule has 102 valence electrons. The van der Waals surface area contributed by atoms with E-state index in [1.807, 2.05) is 0 Å². The van der Waals surface area contributed by atoms with Crippen LogP contribution in [-0.4, -0.2) is 52.8 Å². The first kappa shape index (κ1) is 14.5. The summed E-state index contributed by atoms with van der Waals surface area (Å²) in [5.41, 5.74) is 2.46. The summed E-state index contributed by atoms with van der Waals surface area (Å²) in [5, 5.41) is 23.8. The number of hydroxylamine groups is 1. The van der Waals surface area contributed by atoms with Crippen molar-refractivity contribution in [3.05, 3.63) is 22.5 Å². The third-order valence-corrected chi connectivity index (χ3v) is 2.04. The molecule has 0 bridgehead atoms. The fourth-order valence-corrected chi connectivity index (χ4v) is 1.18. The zero-order valence-electron chi connectivity index (χ0n) is 9.98. The van der Waals surface area contributed by atoms with Crippen molar-refractivity contribution in [1.82, 2.24) is 15.3 Å². The van der Waals surface area contributed by atoms with Gasteiger partial charge in [0.25, 0.3) is 0 Å². The van der Waals surface area contributed by atoms with Gasteiger partial charge in [-0.05, 0) is 0 Å². The van der Waals surface area contributed by atoms with Gasteiger partial charge in [0.2, 0.25) is 0 Å². The van der Waals surface area contributed by atoms with Crippen molar-refractivity contribution in [1.29, 1.82) is 0 Å². The van der Waals surface area contributed by atoms with Gasteiger partial charge < -0.3 is 9.84 Å². The summed E-state index contributed by atoms with van der Waals surface area (Å²) in [4.78, 5) is 14.8. The number of aromatic nitrogens is 2. The molecular weight excluding hydrogens is 244 g/mol. The van der Waals surface area contributed by atoms with E-state index in [-0.39, 0.29) is 18.8 Å². The zero-order valence-corrected chi connectivity index (χ0v) is 9.98. The molecule has 0 aliphatic rings. The van der Waals surface area contributed by atoms with Crippen molar-refractivity contribution in [3.8, 4) is 0 Å². The van der Waals surface area contributed by atoms with Gasteiger partial charge in [0, 0.05) is 13.7 Å². The van der Waals surface area contributed by atoms with E-state index < -0.39 is 11.0 Å². The molecule has 1 aromatic heterocycles. The normalized spacial score (nSPS) is 12.6. The molecule has 0 fully saturated rings. The predicted octanol–water partition coefficient (Wildman–Crippen LogP) is -0.680. The Hall–Kier alpha value is -1.55. The molecule has 0 radical (unpaired) electrons. The topological polar surface area (TPSA) is 112 Å². The van der Waals surface area contributed by atoms with Crippen molar-refractivity contribution in [2.24, 2.45) is 0 Å². The molecule has 9 nitrogen and oxygen atoms in total. The van der Waals surface area contributed by atoms with Gasteiger partial charge in [0.1, 0.15) is 12.4 Å². The van der Waals surface area contributed by atoms with Crippen molar-refractivity contribution >= 4 is 5.69 Å². The summed E-state index contributed by atoms with van der Waals surface area (Å²) in [5.74, 6) is 0. The van der Waals surface area contributed by atoms with Crippen LogP contribution >= 0.6 is 0 Å². The smallest absolute Gasteiger partial charge is 0.306 e. The van der Waals surface area contributed by atoms with E-state index in [2.05, 4.69) is 10.6 Å². The molecule has 1 atom stereocenters. The highest BCUT2D eigenvalue weighted by Crippen LogP contribution is 2.07. The molecule has 18 heavy (non-hydrogen) atoms. The van der Waals surface area contributed by atoms with Crippen molar-refractivity contribution < 1.29 is 19.6 Å². The van der Waals surface area contributed by atoms with E-state index in [9.17, 15) is 15.2 Å². The average molecular weight is 260 g/mol. The summed E-state index contributed by atoms with van der Waals surface area (Å²) in [7, 11) is 1.56. The fourth-order valence-electron chi connectivity index (χ4n) is 1.18. The van der Waals surface area contributed by atoms with E-state index in [4.69, 9.17) is 9.57 Å². The number of nitro groups is 1. The van der Waals surface area contributed by atoms with Gasteiger partial charge in [-0.1, -0.05) is 0 Å². The number of ether oxygens (including phenoxy) is 1. The van der Waals surface area contributed by atoms with Gasteiger partial charge in [0.15, 0.2) is 0 Å². The lowest BCUT2D eigenvalue weighted by Crippen LogP contribution is -2.31. The first-order valence-electron chi connectivity index (χ1n) is 5.32. The van der Waals surface area contributed by atoms with Crippen LogP contribution in [0.15, 0.2) is 12.4 Å². The zero-order chi connectivity index (χ0) is 13.4. The fraction of sp³-hybridized carbons (Fsp3) is 0.667. The lowest BCUT2D eigenvalue weighted by Gasteiger charge is -2.11. The molecule has 1 unspecified atom stereocenters. The third kappa shape index (κ3) is 5.19. The van der Waals surface area contributed by atoms with Gasteiger partial charge >= 0.3 is 5.69 Å². The number of hydrogen-bond acceptors (Lipinski definition) is 7. The van der Waals surface area contributed by atoms with E-state index in [1.165, 1.54) is 10.9 Å². The molecule has 0 amide bonds. The van der Waals surface area contributed by atoms with Crippen LogP contribution in [0.5, 0.6) is 0 Å². The van der Waals surface area contributed by atoms with Crippen LogP contribution in [-0.2, 0) is 16.1 Å². The highest BCUT2D eigenvalue weighted by atomic mass is 16.7. The largest absolute Gasteiger partial charge is 0.390 e. The average Bonchev–Trinajstić information content (AvgIpc) is 2.77. The van der Waals surface area contributed by atoms with Crippen LogP contribution in [0.4, 0.5) is 5.69 Å². The number of aliphatic hydroxyl groups is 1. The molecule has 2 N–H and O–H groups in total. The number of aliphatic hydroxyl groups excluding tert-OH is 1. The maximum atomic E-state index is 10.4. The summed E-state index contributed by atoms with van der Waals surface area (Å²) in [6, 6.07) is 0. The standard InChI is InChI=1S/C9H16N4O5/c1-17-2-3-18-11-5-9(14)7-12-6-8(4-10-12)13(15)16/h4,6,9,11,14H,2-3,5,7H2,1H3. The molecule has 1 rings (SSSR count). The van der Waals surface area contributed by atoms with Gasteiger partial charge in [-0.3, -0.25) is 19.6 Å². The maximum Gasteiger partial charge on any atom is 0.306 e. The molecule has 0 saturated heterocycles. The molecule has 0 saturated carbocycles. The first-order chi connectivity index (χ1) is 8.63. The predicted molar refractivity (Wildman–Crippen MR) is 60.7 cm³/mol. The van der Waals surface area contributed by atoms with Crippen molar-refractivity contribution in [3.63, 3.8) is 0 Å². The second-order valence-corrected chi connectivity index (χ2v) is 3.52. The Kier molecular flexibility index (Phi) is 6.22. The molecule has 1 aromatic rings. The highest BCUT2D eigenvalue weighted by molar-refractivity contribution is 5.20. The number of methoxy groups -OCH3 is 1. The second-order valence-electron chi connectivity index (χ2n) is 3.52. The summed E-state index contributed by atoms with van der Waals surface area (Å²) >= 11 is 0. The van der Waals surface area contributed by atoms with Crippen LogP contribution in [0.2, 0.25) is 0 Å². The van der Waals surface area contributed by atoms with Crippen LogP contribution in [0.25, 0.3) is 0 Å². The Morgan fingerprint density at radius 1 is 1.67 bits per heavy atom. The highest BCUT2D eigenvalue weighted by Gasteiger charge is 2.11. The third-order valence-electron chi connectivity index (χ3n) is 2.04. The molecule has 0 aromatic carbocycles. The first-order valence-corrected chi connectivity index (χ1v) is 5.32. The van der Waals surface area contributed by atoms with Crippen molar-refractivity contribution in [2.45, 2.75) is 12.6 Å². The van der Waals surface area contributed by atoms with Gasteiger partial charge in [-0.2, -0.15) is 10.6 Å². The minimum Gasteiger partial charge on any atom is -0.390 e. The number of hydrogen-bond donors (Lipinski definition) is 2. The van der Waals surface area contributed by atoms with Crippen LogP contribution in [0.1, 0.15) is 0 Å². The van der Waals surface area contributed by atoms with Gasteiger partial charge in [-0.15, -0.1) is 0 Å². The van der Waals surface area contributed by atoms with E-state index in [0.717, 1.165) is 6.20 Å². The Balaban J connectivity index is 2.22. The number of nitrogens with zero attached hydrogens (tertiary/aromatic N) is 3. The molecule has 9 heteroatoms. The SMILES string of the molecule is COCCONCC(O)Cn1cc([N+](=O)[O-])cn1. The maximum absolute atomic E-state index is 10.4. The summed E-state index contributed by atoms with van der Waals surface area (Å²) < 4.78 is 6.07. The molecule has 0 spiro atoms. The van der Waals surface area contributed by atoms with E-state index >= 15 is 0 Å². The number of nitrogens with one attached hydrogen (secondary N) is 1. The Morgan fingerprint density at radius 2 is 2.44 bits per heavy atom. The minimum atomic E-state index is -0.757. The van der Waals surface area contributed by atoms with E-state index in [1.54, 1.807) is 7.11 Å². The van der Waals surface area contributed by atoms with E-state index in [0.29, 0.717) is 13.2 Å². The summed E-state index contributed by atoms with van der Waals surface area (Å²) in [6.07, 6.45) is 1.64. The van der Waals surface area contributed by atoms with Crippen LogP contribution in [0, 0.1) is 10.1 Å². The Bertz CT molecular complexity index is 370. The molecule has 0 aliphatic heterocycles. The summed E-state index contributed by atoms with van der Waals surface area (Å²) in [6.45, 7) is 1.16. The van der Waals surface area contributed by atoms with Crippen molar-refractivity contribution in [2.75, 3.05) is 26.9 Å². The van der Waals surface area contributed by atoms with Gasteiger partial charge in [0.05, 0.1) is 30.8 Å². The molecular formula is C9H16N4O5. The quantitative estimate of drug-likeness (QED) is 0.343. The lowest BCUT2D eigenvalue weighted by molar-refractivity contribution is -0.385. The second kappa shape index (κ2) is 7.71. The van der Waals surface area contributed by atoms with Crippen LogP contribution < -0.4 is 5.48 Å². The lowest BCUT2D eigenvalue weighted by atomic mass is 10.3. The van der Waals surface area contributed by atoms with Gasteiger partial charge in [-0.25, -0.2) is 0 Å². The Labute approximate surface area is 103 Å². The molecule has 1 heterocycles. The number of rotatable bonds is 9.